The number of nitrogens with zero attached hydrogens (tertiary/aromatic N) is 2. The summed E-state index contributed by atoms with van der Waals surface area (Å²) in [7, 11) is 0. The number of nitrogens with one attached hydrogen (secondary N) is 1. The summed E-state index contributed by atoms with van der Waals surface area (Å²) < 4.78 is 0. The number of carbonyl (C=O) groups excluding carboxylic acids is 3. The van der Waals surface area contributed by atoms with Crippen LogP contribution < -0.4 is 11.1 Å². The molecule has 3 aliphatic rings. The topological polar surface area (TPSA) is 95.7 Å². The molecule has 7 nitrogen and oxygen atoms in total. The normalized spacial score (nSPS) is 30.5. The van der Waals surface area contributed by atoms with Crippen LogP contribution in [0.25, 0.3) is 0 Å². The third-order valence-corrected chi connectivity index (χ3v) is 6.12. The van der Waals surface area contributed by atoms with Crippen LogP contribution in [0.4, 0.5) is 4.79 Å². The molecular weight excluding hydrogens is 320 g/mol. The van der Waals surface area contributed by atoms with Crippen molar-refractivity contribution in [1.82, 2.24) is 15.1 Å². The smallest absolute Gasteiger partial charge is 0.317 e. The summed E-state index contributed by atoms with van der Waals surface area (Å²) in [5.74, 6) is -0.453. The van der Waals surface area contributed by atoms with Gasteiger partial charge >= 0.3 is 6.03 Å². The second-order valence-electron chi connectivity index (χ2n) is 8.15. The second kappa shape index (κ2) is 7.22. The summed E-state index contributed by atoms with van der Waals surface area (Å²) in [6.07, 6.45) is 6.74. The zero-order valence-electron chi connectivity index (χ0n) is 15.1. The molecule has 0 radical (unpaired) electrons. The number of carbonyl (C=O) groups is 3. The van der Waals surface area contributed by atoms with Crippen molar-refractivity contribution in [3.05, 3.63) is 0 Å². The number of nitrogens with two attached hydrogens (primary N) is 1. The van der Waals surface area contributed by atoms with E-state index in [1.807, 2.05) is 6.92 Å². The van der Waals surface area contributed by atoms with E-state index >= 15 is 0 Å². The molecule has 7 heteroatoms. The molecule has 140 valence electrons. The molecule has 1 aliphatic carbocycles. The van der Waals surface area contributed by atoms with Crippen LogP contribution in [-0.4, -0.2) is 59.9 Å². The van der Waals surface area contributed by atoms with Gasteiger partial charge in [0.1, 0.15) is 0 Å². The SMILES string of the molecule is CC1(C(N)=O)CCN(C(=O)C2CCCN(C(=O)NC3CCCC3)C2)C1. The molecule has 3 N–H and O–H groups in total. The van der Waals surface area contributed by atoms with E-state index in [0.29, 0.717) is 38.6 Å². The Kier molecular flexibility index (Phi) is 5.20. The van der Waals surface area contributed by atoms with E-state index in [2.05, 4.69) is 5.32 Å². The van der Waals surface area contributed by atoms with Gasteiger partial charge in [0, 0.05) is 32.2 Å². The Hall–Kier alpha value is -1.79. The zero-order chi connectivity index (χ0) is 18.0. The van der Waals surface area contributed by atoms with Gasteiger partial charge < -0.3 is 20.9 Å². The summed E-state index contributed by atoms with van der Waals surface area (Å²) in [6, 6.07) is 0.256. The Morgan fingerprint density at radius 1 is 1.04 bits per heavy atom. The summed E-state index contributed by atoms with van der Waals surface area (Å²) in [4.78, 5) is 40.4. The van der Waals surface area contributed by atoms with E-state index in [1.165, 1.54) is 12.8 Å². The number of primary amides is 1. The first kappa shape index (κ1) is 18.0. The number of rotatable bonds is 3. The molecule has 1 saturated carbocycles. The quantitative estimate of drug-likeness (QED) is 0.797. The lowest BCUT2D eigenvalue weighted by Crippen LogP contribution is -2.51. The number of amides is 4. The van der Waals surface area contributed by atoms with Crippen LogP contribution in [0.2, 0.25) is 0 Å². The van der Waals surface area contributed by atoms with E-state index in [-0.39, 0.29) is 23.8 Å². The van der Waals surface area contributed by atoms with Crippen molar-refractivity contribution in [2.45, 2.75) is 57.9 Å². The van der Waals surface area contributed by atoms with E-state index < -0.39 is 5.41 Å². The third-order valence-electron chi connectivity index (χ3n) is 6.12. The maximum absolute atomic E-state index is 12.8. The van der Waals surface area contributed by atoms with Crippen LogP contribution in [0.5, 0.6) is 0 Å². The number of piperidine rings is 1. The van der Waals surface area contributed by atoms with Gasteiger partial charge in [0.05, 0.1) is 11.3 Å². The first-order chi connectivity index (χ1) is 11.9. The van der Waals surface area contributed by atoms with Crippen molar-refractivity contribution in [1.29, 1.82) is 0 Å². The van der Waals surface area contributed by atoms with Gasteiger partial charge in [-0.2, -0.15) is 0 Å². The fourth-order valence-electron chi connectivity index (χ4n) is 4.31. The highest BCUT2D eigenvalue weighted by atomic mass is 16.2. The molecule has 2 heterocycles. The summed E-state index contributed by atoms with van der Waals surface area (Å²) in [5, 5.41) is 3.11. The lowest BCUT2D eigenvalue weighted by Gasteiger charge is -2.34. The summed E-state index contributed by atoms with van der Waals surface area (Å²) in [6.45, 7) is 3.97. The fraction of sp³-hybridized carbons (Fsp3) is 0.833. The average Bonchev–Trinajstić information content (AvgIpc) is 3.25. The third kappa shape index (κ3) is 3.90. The average molecular weight is 350 g/mol. The number of likely N-dealkylation sites (tertiary alicyclic amines) is 2. The Labute approximate surface area is 149 Å². The lowest BCUT2D eigenvalue weighted by molar-refractivity contribution is -0.136. The van der Waals surface area contributed by atoms with E-state index in [1.54, 1.807) is 9.80 Å². The first-order valence-electron chi connectivity index (χ1n) is 9.53. The highest BCUT2D eigenvalue weighted by molar-refractivity contribution is 5.85. The van der Waals surface area contributed by atoms with Gasteiger partial charge in [-0.3, -0.25) is 9.59 Å². The van der Waals surface area contributed by atoms with Gasteiger partial charge in [-0.1, -0.05) is 12.8 Å². The molecule has 2 unspecified atom stereocenters. The molecule has 2 aliphatic heterocycles. The Morgan fingerprint density at radius 2 is 1.76 bits per heavy atom. The molecule has 0 aromatic heterocycles. The Morgan fingerprint density at radius 3 is 2.40 bits per heavy atom. The van der Waals surface area contributed by atoms with Crippen molar-refractivity contribution in [2.24, 2.45) is 17.1 Å². The molecule has 0 aromatic rings. The molecular formula is C18H30N4O3. The summed E-state index contributed by atoms with van der Waals surface area (Å²) in [5.41, 5.74) is 4.85. The minimum absolute atomic E-state index is 0.0344. The van der Waals surface area contributed by atoms with Crippen LogP contribution in [0, 0.1) is 11.3 Å². The van der Waals surface area contributed by atoms with Gasteiger partial charge in [0.15, 0.2) is 0 Å². The van der Waals surface area contributed by atoms with Crippen molar-refractivity contribution in [3.8, 4) is 0 Å². The molecule has 0 spiro atoms. The van der Waals surface area contributed by atoms with Crippen LogP contribution in [0.1, 0.15) is 51.9 Å². The van der Waals surface area contributed by atoms with Gasteiger partial charge in [-0.05, 0) is 39.0 Å². The molecule has 0 aromatic carbocycles. The zero-order valence-corrected chi connectivity index (χ0v) is 15.1. The van der Waals surface area contributed by atoms with Crippen molar-refractivity contribution in [2.75, 3.05) is 26.2 Å². The van der Waals surface area contributed by atoms with Gasteiger partial charge in [0.2, 0.25) is 11.8 Å². The maximum Gasteiger partial charge on any atom is 0.317 e. The molecule has 3 fully saturated rings. The van der Waals surface area contributed by atoms with Crippen molar-refractivity contribution >= 4 is 17.8 Å². The standard InChI is InChI=1S/C18H30N4O3/c1-18(16(19)24)8-10-22(12-18)15(23)13-5-4-9-21(11-13)17(25)20-14-6-2-3-7-14/h13-14H,2-12H2,1H3,(H2,19,24)(H,20,25). The highest BCUT2D eigenvalue weighted by Gasteiger charge is 2.42. The van der Waals surface area contributed by atoms with Gasteiger partial charge in [0.25, 0.3) is 0 Å². The second-order valence-corrected chi connectivity index (χ2v) is 8.15. The molecule has 0 bridgehead atoms. The number of hydrogen-bond donors (Lipinski definition) is 2. The number of urea groups is 1. The van der Waals surface area contributed by atoms with Crippen molar-refractivity contribution in [3.63, 3.8) is 0 Å². The largest absolute Gasteiger partial charge is 0.369 e. The Balaban J connectivity index is 1.55. The van der Waals surface area contributed by atoms with Crippen LogP contribution in [0.15, 0.2) is 0 Å². The molecule has 4 amide bonds. The number of hydrogen-bond acceptors (Lipinski definition) is 3. The molecule has 25 heavy (non-hydrogen) atoms. The Bertz CT molecular complexity index is 546. The first-order valence-corrected chi connectivity index (χ1v) is 9.53. The van der Waals surface area contributed by atoms with Crippen LogP contribution >= 0.6 is 0 Å². The fourth-order valence-corrected chi connectivity index (χ4v) is 4.31. The highest BCUT2D eigenvalue weighted by Crippen LogP contribution is 2.31. The lowest BCUT2D eigenvalue weighted by atomic mass is 9.89. The van der Waals surface area contributed by atoms with Gasteiger partial charge in [-0.15, -0.1) is 0 Å². The van der Waals surface area contributed by atoms with E-state index in [4.69, 9.17) is 5.73 Å². The predicted molar refractivity (Wildman–Crippen MR) is 93.6 cm³/mol. The van der Waals surface area contributed by atoms with E-state index in [9.17, 15) is 14.4 Å². The minimum Gasteiger partial charge on any atom is -0.369 e. The van der Waals surface area contributed by atoms with Crippen molar-refractivity contribution < 1.29 is 14.4 Å². The van der Waals surface area contributed by atoms with E-state index in [0.717, 1.165) is 25.7 Å². The summed E-state index contributed by atoms with van der Waals surface area (Å²) >= 11 is 0. The van der Waals surface area contributed by atoms with Gasteiger partial charge in [-0.25, -0.2) is 4.79 Å². The molecule has 2 atom stereocenters. The molecule has 3 rings (SSSR count). The minimum atomic E-state index is -0.621. The predicted octanol–water partition coefficient (Wildman–Crippen LogP) is 1.07. The van der Waals surface area contributed by atoms with Crippen LogP contribution in [0.3, 0.4) is 0 Å². The van der Waals surface area contributed by atoms with Crippen LogP contribution in [-0.2, 0) is 9.59 Å². The maximum atomic E-state index is 12.8. The molecule has 2 saturated heterocycles. The monoisotopic (exact) mass is 350 g/mol.